The maximum Gasteiger partial charge on any atom is 0.119 e. The van der Waals surface area contributed by atoms with Crippen molar-refractivity contribution in [2.45, 2.75) is 32.7 Å². The summed E-state index contributed by atoms with van der Waals surface area (Å²) in [6.45, 7) is 6.05. The zero-order valence-electron chi connectivity index (χ0n) is 17.7. The van der Waals surface area contributed by atoms with Crippen LogP contribution in [0.15, 0.2) is 66.7 Å². The molecule has 0 amide bonds. The summed E-state index contributed by atoms with van der Waals surface area (Å²) in [6.07, 6.45) is 1.97. The smallest absolute Gasteiger partial charge is 0.119 e. The Morgan fingerprint density at radius 2 is 1.83 bits per heavy atom. The van der Waals surface area contributed by atoms with Gasteiger partial charge in [0.15, 0.2) is 0 Å². The SMILES string of the molecule is Cc1cc(C)c2c3c([nH]c2c1)C(c1cccc(OCCc2ccccc2)c1)NCC3. The Balaban J connectivity index is 1.40. The predicted molar refractivity (Wildman–Crippen MR) is 123 cm³/mol. The molecular formula is C27H28N2O. The Hall–Kier alpha value is -3.04. The molecule has 4 aromatic rings. The van der Waals surface area contributed by atoms with Gasteiger partial charge in [0.2, 0.25) is 0 Å². The Morgan fingerprint density at radius 3 is 2.70 bits per heavy atom. The lowest BCUT2D eigenvalue weighted by Crippen LogP contribution is -2.30. The fourth-order valence-electron chi connectivity index (χ4n) is 4.77. The third-order valence-corrected chi connectivity index (χ3v) is 6.08. The molecule has 0 saturated carbocycles. The Bertz CT molecular complexity index is 1180. The van der Waals surface area contributed by atoms with Crippen molar-refractivity contribution >= 4 is 10.9 Å². The van der Waals surface area contributed by atoms with Crippen LogP contribution in [0.4, 0.5) is 0 Å². The molecule has 1 aromatic heterocycles. The van der Waals surface area contributed by atoms with Gasteiger partial charge in [-0.15, -0.1) is 0 Å². The fraction of sp³-hybridized carbons (Fsp3) is 0.259. The van der Waals surface area contributed by atoms with Crippen molar-refractivity contribution in [1.82, 2.24) is 10.3 Å². The van der Waals surface area contributed by atoms with Gasteiger partial charge in [-0.25, -0.2) is 0 Å². The molecule has 2 N–H and O–H groups in total. The second-order valence-electron chi connectivity index (χ2n) is 8.32. The van der Waals surface area contributed by atoms with Crippen molar-refractivity contribution < 1.29 is 4.74 Å². The van der Waals surface area contributed by atoms with Crippen LogP contribution < -0.4 is 10.1 Å². The first-order valence-corrected chi connectivity index (χ1v) is 10.8. The minimum absolute atomic E-state index is 0.165. The molecule has 0 bridgehead atoms. The summed E-state index contributed by atoms with van der Waals surface area (Å²) in [5, 5.41) is 5.11. The number of nitrogens with one attached hydrogen (secondary N) is 2. The van der Waals surface area contributed by atoms with Gasteiger partial charge in [-0.3, -0.25) is 0 Å². The number of H-pyrrole nitrogens is 1. The molecule has 0 fully saturated rings. The molecule has 3 nitrogen and oxygen atoms in total. The maximum absolute atomic E-state index is 6.09. The van der Waals surface area contributed by atoms with Crippen LogP contribution in [-0.4, -0.2) is 18.1 Å². The molecule has 0 saturated heterocycles. The Kier molecular flexibility index (Phi) is 5.06. The van der Waals surface area contributed by atoms with E-state index in [4.69, 9.17) is 4.74 Å². The van der Waals surface area contributed by atoms with E-state index in [-0.39, 0.29) is 6.04 Å². The molecule has 1 aliphatic heterocycles. The van der Waals surface area contributed by atoms with E-state index in [1.165, 1.54) is 44.4 Å². The largest absolute Gasteiger partial charge is 0.493 e. The highest BCUT2D eigenvalue weighted by molar-refractivity contribution is 5.89. The van der Waals surface area contributed by atoms with Crippen LogP contribution in [0.25, 0.3) is 10.9 Å². The highest BCUT2D eigenvalue weighted by atomic mass is 16.5. The van der Waals surface area contributed by atoms with Gasteiger partial charge < -0.3 is 15.0 Å². The number of rotatable bonds is 5. The monoisotopic (exact) mass is 396 g/mol. The van der Waals surface area contributed by atoms with Gasteiger partial charge in [0.1, 0.15) is 5.75 Å². The Labute approximate surface area is 178 Å². The van der Waals surface area contributed by atoms with Crippen molar-refractivity contribution in [2.75, 3.05) is 13.2 Å². The number of hydrogen-bond acceptors (Lipinski definition) is 2. The summed E-state index contributed by atoms with van der Waals surface area (Å²) in [5.74, 6) is 0.931. The molecule has 0 aliphatic carbocycles. The normalized spacial score (nSPS) is 15.9. The second kappa shape index (κ2) is 8.00. The first-order chi connectivity index (χ1) is 14.7. The van der Waals surface area contributed by atoms with E-state index in [0.717, 1.165) is 25.1 Å². The number of aryl methyl sites for hydroxylation is 2. The standard InChI is InChI=1S/C27H28N2O/c1-18-15-19(2)25-23-11-13-28-26(27(23)29-24(25)16-18)21-9-6-10-22(17-21)30-14-12-20-7-4-3-5-8-20/h3-10,15-17,26,28-29H,11-14H2,1-2H3. The molecular weight excluding hydrogens is 368 g/mol. The zero-order valence-corrected chi connectivity index (χ0v) is 17.7. The number of benzene rings is 3. The quantitative estimate of drug-likeness (QED) is 0.458. The first kappa shape index (κ1) is 19.0. The highest BCUT2D eigenvalue weighted by Gasteiger charge is 2.26. The van der Waals surface area contributed by atoms with E-state index < -0.39 is 0 Å². The van der Waals surface area contributed by atoms with E-state index in [0.29, 0.717) is 6.61 Å². The van der Waals surface area contributed by atoms with E-state index >= 15 is 0 Å². The van der Waals surface area contributed by atoms with Crippen LogP contribution in [0, 0.1) is 13.8 Å². The first-order valence-electron chi connectivity index (χ1n) is 10.8. The van der Waals surface area contributed by atoms with Crippen LogP contribution in [0.3, 0.4) is 0 Å². The fourth-order valence-corrected chi connectivity index (χ4v) is 4.77. The number of aromatic nitrogens is 1. The summed E-state index contributed by atoms with van der Waals surface area (Å²) in [4.78, 5) is 3.73. The van der Waals surface area contributed by atoms with Crippen molar-refractivity contribution in [3.05, 3.63) is 100 Å². The number of fused-ring (bicyclic) bond motifs is 3. The molecule has 3 heteroatoms. The van der Waals surface area contributed by atoms with E-state index in [1.54, 1.807) is 0 Å². The molecule has 152 valence electrons. The lowest BCUT2D eigenvalue weighted by Gasteiger charge is -2.25. The average molecular weight is 397 g/mol. The molecule has 1 unspecified atom stereocenters. The van der Waals surface area contributed by atoms with Crippen molar-refractivity contribution in [3.8, 4) is 5.75 Å². The molecule has 1 aliphatic rings. The van der Waals surface area contributed by atoms with E-state index in [1.807, 2.05) is 6.07 Å². The van der Waals surface area contributed by atoms with Gasteiger partial charge in [0.25, 0.3) is 0 Å². The summed E-state index contributed by atoms with van der Waals surface area (Å²) >= 11 is 0. The lowest BCUT2D eigenvalue weighted by atomic mass is 9.93. The third-order valence-electron chi connectivity index (χ3n) is 6.08. The van der Waals surface area contributed by atoms with Gasteiger partial charge in [-0.2, -0.15) is 0 Å². The summed E-state index contributed by atoms with van der Waals surface area (Å²) in [7, 11) is 0. The molecule has 0 spiro atoms. The third kappa shape index (κ3) is 3.61. The highest BCUT2D eigenvalue weighted by Crippen LogP contribution is 2.36. The van der Waals surface area contributed by atoms with Gasteiger partial charge in [0, 0.05) is 29.6 Å². The average Bonchev–Trinajstić information content (AvgIpc) is 3.13. The van der Waals surface area contributed by atoms with Crippen molar-refractivity contribution in [2.24, 2.45) is 0 Å². The Morgan fingerprint density at radius 1 is 0.967 bits per heavy atom. The van der Waals surface area contributed by atoms with Crippen LogP contribution in [-0.2, 0) is 12.8 Å². The molecule has 2 heterocycles. The van der Waals surface area contributed by atoms with Gasteiger partial charge in [0.05, 0.1) is 12.6 Å². The lowest BCUT2D eigenvalue weighted by molar-refractivity contribution is 0.321. The van der Waals surface area contributed by atoms with E-state index in [2.05, 4.69) is 84.8 Å². The molecule has 5 rings (SSSR count). The summed E-state index contributed by atoms with van der Waals surface area (Å²) in [6, 6.07) is 23.7. The topological polar surface area (TPSA) is 37.0 Å². The number of aromatic amines is 1. The van der Waals surface area contributed by atoms with Crippen molar-refractivity contribution in [3.63, 3.8) is 0 Å². The van der Waals surface area contributed by atoms with Crippen molar-refractivity contribution in [1.29, 1.82) is 0 Å². The van der Waals surface area contributed by atoms with Crippen LogP contribution >= 0.6 is 0 Å². The summed E-state index contributed by atoms with van der Waals surface area (Å²) in [5.41, 5.74) is 9.22. The minimum atomic E-state index is 0.165. The van der Waals surface area contributed by atoms with Gasteiger partial charge >= 0.3 is 0 Å². The second-order valence-corrected chi connectivity index (χ2v) is 8.32. The molecule has 30 heavy (non-hydrogen) atoms. The predicted octanol–water partition coefficient (Wildman–Crippen LogP) is 5.64. The van der Waals surface area contributed by atoms with Crippen LogP contribution in [0.2, 0.25) is 0 Å². The number of hydrogen-bond donors (Lipinski definition) is 2. The van der Waals surface area contributed by atoms with Crippen LogP contribution in [0.1, 0.15) is 39.6 Å². The van der Waals surface area contributed by atoms with Gasteiger partial charge in [-0.1, -0.05) is 48.5 Å². The van der Waals surface area contributed by atoms with Gasteiger partial charge in [-0.05, 0) is 66.3 Å². The molecule has 3 aromatic carbocycles. The molecule has 1 atom stereocenters. The summed E-state index contributed by atoms with van der Waals surface area (Å²) < 4.78 is 6.09. The molecule has 0 radical (unpaired) electrons. The van der Waals surface area contributed by atoms with E-state index in [9.17, 15) is 0 Å². The zero-order chi connectivity index (χ0) is 20.5. The number of ether oxygens (including phenoxy) is 1. The minimum Gasteiger partial charge on any atom is -0.493 e. The maximum atomic E-state index is 6.09. The van der Waals surface area contributed by atoms with Crippen LogP contribution in [0.5, 0.6) is 5.75 Å².